The minimum atomic E-state index is 0. The second-order valence-corrected chi connectivity index (χ2v) is 7.13. The summed E-state index contributed by atoms with van der Waals surface area (Å²) in [5.41, 5.74) is 8.66. The summed E-state index contributed by atoms with van der Waals surface area (Å²) in [6, 6.07) is 10.8. The van der Waals surface area contributed by atoms with E-state index in [1.165, 1.54) is 22.7 Å². The maximum absolute atomic E-state index is 6.02. The Kier molecular flexibility index (Phi) is 9.24. The largest absolute Gasteiger partial charge is 0.330 e. The molecule has 2 atom stereocenters. The number of aryl methyl sites for hydroxylation is 1. The van der Waals surface area contributed by atoms with Crippen molar-refractivity contribution < 1.29 is 0 Å². The number of nitrogens with zero attached hydrogens (tertiary/aromatic N) is 2. The predicted molar refractivity (Wildman–Crippen MR) is 108 cm³/mol. The molecule has 24 heavy (non-hydrogen) atoms. The van der Waals surface area contributed by atoms with Crippen molar-refractivity contribution in [1.29, 1.82) is 0 Å². The number of hydrogen-bond acceptors (Lipinski definition) is 4. The van der Waals surface area contributed by atoms with Gasteiger partial charge in [0.25, 0.3) is 0 Å². The molecule has 1 saturated heterocycles. The molecule has 1 aliphatic rings. The Balaban J connectivity index is 0.00000144. The van der Waals surface area contributed by atoms with Gasteiger partial charge in [-0.25, -0.2) is 4.98 Å². The maximum atomic E-state index is 6.02. The Bertz CT molecular complexity index is 591. The standard InChI is InChI=1S/C18H25N3S.2ClH/c1-2-6-18-20-16(13-22-18)11-21-10-15(9-19)17(12-21)14-7-4-3-5-8-14;;/h3-5,7-8,13,15,17H,2,6,9-12,19H2,1H3;2*1H/t15-,17+;;/m1../s1. The van der Waals surface area contributed by atoms with Gasteiger partial charge in [-0.3, -0.25) is 4.90 Å². The van der Waals surface area contributed by atoms with Gasteiger partial charge in [0, 0.05) is 30.9 Å². The smallest absolute Gasteiger partial charge is 0.0928 e. The summed E-state index contributed by atoms with van der Waals surface area (Å²) in [6.07, 6.45) is 2.27. The van der Waals surface area contributed by atoms with E-state index in [9.17, 15) is 0 Å². The van der Waals surface area contributed by atoms with Crippen molar-refractivity contribution in [3.63, 3.8) is 0 Å². The van der Waals surface area contributed by atoms with Gasteiger partial charge in [-0.15, -0.1) is 36.2 Å². The summed E-state index contributed by atoms with van der Waals surface area (Å²) in [4.78, 5) is 7.27. The van der Waals surface area contributed by atoms with Crippen LogP contribution in [0.25, 0.3) is 0 Å². The van der Waals surface area contributed by atoms with Gasteiger partial charge in [-0.05, 0) is 30.9 Å². The van der Waals surface area contributed by atoms with Gasteiger partial charge in [0.05, 0.1) is 10.7 Å². The lowest BCUT2D eigenvalue weighted by atomic mass is 9.89. The molecule has 0 bridgehead atoms. The van der Waals surface area contributed by atoms with E-state index in [0.29, 0.717) is 11.8 Å². The van der Waals surface area contributed by atoms with Crippen LogP contribution in [0.3, 0.4) is 0 Å². The average molecular weight is 388 g/mol. The minimum Gasteiger partial charge on any atom is -0.330 e. The fourth-order valence-corrected chi connectivity index (χ4v) is 4.28. The van der Waals surface area contributed by atoms with E-state index in [0.717, 1.165) is 32.6 Å². The second-order valence-electron chi connectivity index (χ2n) is 6.19. The third-order valence-electron chi connectivity index (χ3n) is 4.50. The van der Waals surface area contributed by atoms with Crippen molar-refractivity contribution in [1.82, 2.24) is 9.88 Å². The number of nitrogens with two attached hydrogens (primary N) is 1. The Morgan fingerprint density at radius 3 is 2.62 bits per heavy atom. The molecule has 0 saturated carbocycles. The average Bonchev–Trinajstić information content (AvgIpc) is 3.16. The molecular formula is C18H27Cl2N3S. The predicted octanol–water partition coefficient (Wildman–Crippen LogP) is 4.11. The highest BCUT2D eigenvalue weighted by atomic mass is 35.5. The van der Waals surface area contributed by atoms with E-state index in [2.05, 4.69) is 47.5 Å². The molecule has 6 heteroatoms. The van der Waals surface area contributed by atoms with E-state index in [4.69, 9.17) is 10.7 Å². The monoisotopic (exact) mass is 387 g/mol. The SMILES string of the molecule is CCCc1nc(CN2C[C@@H](CN)[C@H](c3ccccc3)C2)cs1.Cl.Cl. The van der Waals surface area contributed by atoms with Crippen LogP contribution in [0.15, 0.2) is 35.7 Å². The summed E-state index contributed by atoms with van der Waals surface area (Å²) < 4.78 is 0. The lowest BCUT2D eigenvalue weighted by Crippen LogP contribution is -2.23. The first-order valence-corrected chi connectivity index (χ1v) is 9.08. The summed E-state index contributed by atoms with van der Waals surface area (Å²) in [5.74, 6) is 1.11. The zero-order valence-corrected chi connectivity index (χ0v) is 16.5. The van der Waals surface area contributed by atoms with Crippen molar-refractivity contribution >= 4 is 36.2 Å². The topological polar surface area (TPSA) is 42.2 Å². The molecule has 1 fully saturated rings. The van der Waals surface area contributed by atoms with Crippen molar-refractivity contribution in [3.8, 4) is 0 Å². The Morgan fingerprint density at radius 1 is 1.21 bits per heavy atom. The lowest BCUT2D eigenvalue weighted by Gasteiger charge is -2.16. The van der Waals surface area contributed by atoms with Crippen LogP contribution in [-0.2, 0) is 13.0 Å². The Morgan fingerprint density at radius 2 is 1.96 bits per heavy atom. The number of halogens is 2. The van der Waals surface area contributed by atoms with Crippen LogP contribution >= 0.6 is 36.2 Å². The van der Waals surface area contributed by atoms with E-state index >= 15 is 0 Å². The molecule has 3 rings (SSSR count). The minimum absolute atomic E-state index is 0. The van der Waals surface area contributed by atoms with Crippen molar-refractivity contribution in [2.75, 3.05) is 19.6 Å². The quantitative estimate of drug-likeness (QED) is 0.810. The first-order chi connectivity index (χ1) is 10.8. The van der Waals surface area contributed by atoms with Gasteiger partial charge in [0.2, 0.25) is 0 Å². The molecule has 1 aliphatic heterocycles. The molecule has 1 aromatic heterocycles. The highest BCUT2D eigenvalue weighted by Crippen LogP contribution is 2.32. The Labute approximate surface area is 161 Å². The van der Waals surface area contributed by atoms with Crippen molar-refractivity contribution in [2.45, 2.75) is 32.2 Å². The summed E-state index contributed by atoms with van der Waals surface area (Å²) in [5, 5.41) is 3.49. The van der Waals surface area contributed by atoms with Crippen molar-refractivity contribution in [3.05, 3.63) is 52.0 Å². The zero-order valence-electron chi connectivity index (χ0n) is 14.1. The van der Waals surface area contributed by atoms with Crippen LogP contribution in [0.2, 0.25) is 0 Å². The number of rotatable bonds is 6. The van der Waals surface area contributed by atoms with Crippen LogP contribution in [0.5, 0.6) is 0 Å². The van der Waals surface area contributed by atoms with E-state index in [1.807, 2.05) is 0 Å². The number of thiazole rings is 1. The molecule has 1 aromatic carbocycles. The molecule has 2 heterocycles. The van der Waals surface area contributed by atoms with E-state index < -0.39 is 0 Å². The molecule has 3 nitrogen and oxygen atoms in total. The molecule has 0 amide bonds. The van der Waals surface area contributed by atoms with Crippen LogP contribution < -0.4 is 5.73 Å². The first kappa shape index (κ1) is 21.4. The molecule has 0 aliphatic carbocycles. The molecule has 2 N–H and O–H groups in total. The van der Waals surface area contributed by atoms with Crippen LogP contribution in [-0.4, -0.2) is 29.5 Å². The lowest BCUT2D eigenvalue weighted by molar-refractivity contribution is 0.313. The number of hydrogen-bond donors (Lipinski definition) is 1. The highest BCUT2D eigenvalue weighted by molar-refractivity contribution is 7.09. The molecule has 134 valence electrons. The van der Waals surface area contributed by atoms with Gasteiger partial charge in [-0.1, -0.05) is 37.3 Å². The van der Waals surface area contributed by atoms with Gasteiger partial charge in [-0.2, -0.15) is 0 Å². The number of benzene rings is 1. The third kappa shape index (κ3) is 5.17. The molecule has 2 aromatic rings. The molecular weight excluding hydrogens is 361 g/mol. The normalized spacial score (nSPS) is 20.4. The highest BCUT2D eigenvalue weighted by Gasteiger charge is 2.32. The van der Waals surface area contributed by atoms with Gasteiger partial charge in [0.1, 0.15) is 0 Å². The summed E-state index contributed by atoms with van der Waals surface area (Å²) in [7, 11) is 0. The van der Waals surface area contributed by atoms with Crippen molar-refractivity contribution in [2.24, 2.45) is 11.7 Å². The second kappa shape index (κ2) is 10.4. The molecule has 0 unspecified atom stereocenters. The Hall–Kier alpha value is -0.650. The number of aromatic nitrogens is 1. The van der Waals surface area contributed by atoms with Gasteiger partial charge >= 0.3 is 0 Å². The summed E-state index contributed by atoms with van der Waals surface area (Å²) >= 11 is 1.80. The van der Waals surface area contributed by atoms with Gasteiger partial charge in [0.15, 0.2) is 0 Å². The molecule has 0 radical (unpaired) electrons. The third-order valence-corrected chi connectivity index (χ3v) is 5.45. The van der Waals surface area contributed by atoms with E-state index in [-0.39, 0.29) is 24.8 Å². The summed E-state index contributed by atoms with van der Waals surface area (Å²) in [6.45, 7) is 6.09. The number of likely N-dealkylation sites (tertiary alicyclic amines) is 1. The zero-order chi connectivity index (χ0) is 15.4. The van der Waals surface area contributed by atoms with Gasteiger partial charge < -0.3 is 5.73 Å². The molecule has 0 spiro atoms. The van der Waals surface area contributed by atoms with E-state index in [1.54, 1.807) is 11.3 Å². The fraction of sp³-hybridized carbons (Fsp3) is 0.500. The fourth-order valence-electron chi connectivity index (χ4n) is 3.39. The first-order valence-electron chi connectivity index (χ1n) is 8.20. The maximum Gasteiger partial charge on any atom is 0.0928 e. The van der Waals surface area contributed by atoms with Crippen LogP contribution in [0.4, 0.5) is 0 Å². The van der Waals surface area contributed by atoms with Crippen LogP contribution in [0, 0.1) is 5.92 Å². The van der Waals surface area contributed by atoms with Crippen LogP contribution in [0.1, 0.15) is 35.5 Å².